The van der Waals surface area contributed by atoms with Crippen molar-refractivity contribution >= 4 is 16.8 Å². The van der Waals surface area contributed by atoms with E-state index in [1.807, 2.05) is 85.5 Å². The number of para-hydroxylation sites is 1. The van der Waals surface area contributed by atoms with Crippen LogP contribution in [0.5, 0.6) is 11.5 Å². The first-order valence-corrected chi connectivity index (χ1v) is 12.3. The molecule has 1 unspecified atom stereocenters. The Morgan fingerprint density at radius 2 is 1.69 bits per heavy atom. The molecule has 0 radical (unpaired) electrons. The third-order valence-corrected chi connectivity index (χ3v) is 6.96. The van der Waals surface area contributed by atoms with Crippen LogP contribution < -0.4 is 15.2 Å². The van der Waals surface area contributed by atoms with Crippen molar-refractivity contribution in [2.24, 2.45) is 5.73 Å². The van der Waals surface area contributed by atoms with Crippen molar-refractivity contribution in [1.82, 2.24) is 9.88 Å². The van der Waals surface area contributed by atoms with Gasteiger partial charge in [-0.05, 0) is 74.4 Å². The minimum absolute atomic E-state index is 0.0134. The van der Waals surface area contributed by atoms with Gasteiger partial charge in [0.2, 0.25) is 5.91 Å². The molecule has 0 saturated carbocycles. The van der Waals surface area contributed by atoms with Gasteiger partial charge in [0, 0.05) is 29.1 Å². The smallest absolute Gasteiger partial charge is 0.247 e. The Hall–Kier alpha value is -3.90. The van der Waals surface area contributed by atoms with Crippen molar-refractivity contribution in [3.63, 3.8) is 0 Å². The molecule has 0 spiro atoms. The van der Waals surface area contributed by atoms with Crippen LogP contribution in [0.4, 0.5) is 0 Å². The zero-order chi connectivity index (χ0) is 25.3. The topological polar surface area (TPSA) is 77.7 Å². The molecule has 5 rings (SSSR count). The van der Waals surface area contributed by atoms with Crippen LogP contribution in [0.25, 0.3) is 22.2 Å². The predicted molar refractivity (Wildman–Crippen MR) is 142 cm³/mol. The van der Waals surface area contributed by atoms with Crippen LogP contribution in [-0.2, 0) is 16.9 Å². The van der Waals surface area contributed by atoms with Gasteiger partial charge in [-0.2, -0.15) is 0 Å². The Morgan fingerprint density at radius 3 is 2.36 bits per heavy atom. The van der Waals surface area contributed by atoms with E-state index < -0.39 is 5.54 Å². The summed E-state index contributed by atoms with van der Waals surface area (Å²) in [4.78, 5) is 19.6. The number of likely N-dealkylation sites (tertiary alicyclic amines) is 1. The van der Waals surface area contributed by atoms with Crippen LogP contribution in [0, 0.1) is 0 Å². The van der Waals surface area contributed by atoms with Crippen LogP contribution in [0.2, 0.25) is 0 Å². The van der Waals surface area contributed by atoms with Gasteiger partial charge in [0.25, 0.3) is 0 Å². The average molecular weight is 482 g/mol. The second-order valence-electron chi connectivity index (χ2n) is 9.54. The zero-order valence-electron chi connectivity index (χ0n) is 20.9. The summed E-state index contributed by atoms with van der Waals surface area (Å²) in [7, 11) is 1.66. The predicted octanol–water partition coefficient (Wildman–Crippen LogP) is 5.28. The SMILES string of the molecule is COc1ccc(-c2cc(COc3ccc(C4(N)CCN(C(C)C)C4=O)cc3)c3ccccc3n2)cc1. The summed E-state index contributed by atoms with van der Waals surface area (Å²) in [5.41, 5.74) is 10.3. The third kappa shape index (κ3) is 4.40. The van der Waals surface area contributed by atoms with Gasteiger partial charge < -0.3 is 20.1 Å². The molecule has 1 fully saturated rings. The summed E-state index contributed by atoms with van der Waals surface area (Å²) in [5, 5.41) is 1.05. The molecule has 0 aliphatic carbocycles. The van der Waals surface area contributed by atoms with Crippen LogP contribution in [0.3, 0.4) is 0 Å². The molecule has 36 heavy (non-hydrogen) atoms. The van der Waals surface area contributed by atoms with Gasteiger partial charge in [-0.15, -0.1) is 0 Å². The average Bonchev–Trinajstić information content (AvgIpc) is 3.22. The summed E-state index contributed by atoms with van der Waals surface area (Å²) in [5.74, 6) is 1.52. The molecule has 0 bridgehead atoms. The monoisotopic (exact) mass is 481 g/mol. The minimum atomic E-state index is -0.975. The van der Waals surface area contributed by atoms with E-state index in [9.17, 15) is 4.79 Å². The van der Waals surface area contributed by atoms with Gasteiger partial charge in [0.15, 0.2) is 0 Å². The highest BCUT2D eigenvalue weighted by Gasteiger charge is 2.45. The van der Waals surface area contributed by atoms with E-state index >= 15 is 0 Å². The van der Waals surface area contributed by atoms with Crippen LogP contribution in [0.15, 0.2) is 78.9 Å². The molecule has 1 aromatic heterocycles. The maximum absolute atomic E-state index is 12.9. The molecule has 1 aliphatic heterocycles. The van der Waals surface area contributed by atoms with Gasteiger partial charge in [-0.25, -0.2) is 4.98 Å². The Kier molecular flexibility index (Phi) is 6.37. The molecular weight excluding hydrogens is 450 g/mol. The maximum Gasteiger partial charge on any atom is 0.247 e. The first-order chi connectivity index (χ1) is 17.4. The van der Waals surface area contributed by atoms with E-state index in [1.54, 1.807) is 7.11 Å². The fourth-order valence-electron chi connectivity index (χ4n) is 4.81. The highest BCUT2D eigenvalue weighted by molar-refractivity contribution is 5.90. The number of pyridine rings is 1. The molecule has 1 atom stereocenters. The van der Waals surface area contributed by atoms with E-state index in [-0.39, 0.29) is 11.9 Å². The van der Waals surface area contributed by atoms with Crippen molar-refractivity contribution < 1.29 is 14.3 Å². The van der Waals surface area contributed by atoms with Gasteiger partial charge in [-0.1, -0.05) is 30.3 Å². The Labute approximate surface area is 211 Å². The van der Waals surface area contributed by atoms with E-state index in [0.29, 0.717) is 19.6 Å². The number of carbonyl (C=O) groups is 1. The van der Waals surface area contributed by atoms with Crippen LogP contribution >= 0.6 is 0 Å². The number of hydrogen-bond acceptors (Lipinski definition) is 5. The molecule has 4 aromatic rings. The number of nitrogens with zero attached hydrogens (tertiary/aromatic N) is 2. The number of hydrogen-bond donors (Lipinski definition) is 1. The number of carbonyl (C=O) groups excluding carboxylic acids is 1. The fraction of sp³-hybridized carbons (Fsp3) is 0.267. The lowest BCUT2D eigenvalue weighted by atomic mass is 9.89. The number of nitrogens with two attached hydrogens (primary N) is 1. The first kappa shape index (κ1) is 23.8. The number of aromatic nitrogens is 1. The van der Waals surface area contributed by atoms with Crippen molar-refractivity contribution in [2.75, 3.05) is 13.7 Å². The molecule has 2 N–H and O–H groups in total. The number of fused-ring (bicyclic) bond motifs is 1. The van der Waals surface area contributed by atoms with Crippen molar-refractivity contribution in [2.45, 2.75) is 38.5 Å². The van der Waals surface area contributed by atoms with E-state index in [0.717, 1.165) is 44.8 Å². The molecule has 1 saturated heterocycles. The summed E-state index contributed by atoms with van der Waals surface area (Å²) < 4.78 is 11.5. The molecule has 6 heteroatoms. The molecule has 3 aromatic carbocycles. The minimum Gasteiger partial charge on any atom is -0.497 e. The standard InChI is InChI=1S/C30H31N3O3/c1-20(2)33-17-16-30(31,29(33)34)23-10-14-25(15-11-23)36-19-22-18-28(21-8-12-24(35-3)13-9-21)32-27-7-5-4-6-26(22)27/h4-15,18,20H,16-17,19,31H2,1-3H3. The molecule has 1 amide bonds. The molecular formula is C30H31N3O3. The van der Waals surface area contributed by atoms with Crippen molar-refractivity contribution in [1.29, 1.82) is 0 Å². The summed E-state index contributed by atoms with van der Waals surface area (Å²) in [6.07, 6.45) is 0.612. The van der Waals surface area contributed by atoms with Crippen LogP contribution in [0.1, 0.15) is 31.4 Å². The van der Waals surface area contributed by atoms with Gasteiger partial charge in [-0.3, -0.25) is 4.79 Å². The second kappa shape index (κ2) is 9.63. The number of ether oxygens (including phenoxy) is 2. The summed E-state index contributed by atoms with van der Waals surface area (Å²) >= 11 is 0. The van der Waals surface area contributed by atoms with Gasteiger partial charge in [0.1, 0.15) is 23.6 Å². The Bertz CT molecular complexity index is 1380. The number of methoxy groups -OCH3 is 1. The van der Waals surface area contributed by atoms with E-state index in [1.165, 1.54) is 0 Å². The van der Waals surface area contributed by atoms with Crippen molar-refractivity contribution in [3.05, 3.63) is 90.0 Å². The molecule has 1 aliphatic rings. The quantitative estimate of drug-likeness (QED) is 0.388. The largest absolute Gasteiger partial charge is 0.497 e. The lowest BCUT2D eigenvalue weighted by molar-refractivity contribution is -0.133. The number of amides is 1. The molecule has 6 nitrogen and oxygen atoms in total. The summed E-state index contributed by atoms with van der Waals surface area (Å²) in [6, 6.07) is 25.8. The van der Waals surface area contributed by atoms with Gasteiger partial charge >= 0.3 is 0 Å². The third-order valence-electron chi connectivity index (χ3n) is 6.96. The molecule has 2 heterocycles. The van der Waals surface area contributed by atoms with Crippen molar-refractivity contribution in [3.8, 4) is 22.8 Å². The number of benzene rings is 3. The zero-order valence-corrected chi connectivity index (χ0v) is 20.9. The second-order valence-corrected chi connectivity index (χ2v) is 9.54. The lowest BCUT2D eigenvalue weighted by Crippen LogP contribution is -2.46. The summed E-state index contributed by atoms with van der Waals surface area (Å²) in [6.45, 7) is 5.10. The Balaban J connectivity index is 1.37. The fourth-order valence-corrected chi connectivity index (χ4v) is 4.81. The number of rotatable bonds is 7. The van der Waals surface area contributed by atoms with Gasteiger partial charge in [0.05, 0.1) is 18.3 Å². The normalized spacial score (nSPS) is 17.7. The first-order valence-electron chi connectivity index (χ1n) is 12.3. The highest BCUT2D eigenvalue weighted by atomic mass is 16.5. The maximum atomic E-state index is 12.9. The lowest BCUT2D eigenvalue weighted by Gasteiger charge is -2.26. The van der Waals surface area contributed by atoms with E-state index in [2.05, 4.69) is 12.1 Å². The highest BCUT2D eigenvalue weighted by Crippen LogP contribution is 2.33. The van der Waals surface area contributed by atoms with E-state index in [4.69, 9.17) is 20.2 Å². The Morgan fingerprint density at radius 1 is 1.00 bits per heavy atom. The van der Waals surface area contributed by atoms with Crippen LogP contribution in [-0.4, -0.2) is 35.5 Å². The molecule has 184 valence electrons.